The van der Waals surface area contributed by atoms with Crippen molar-refractivity contribution in [1.82, 2.24) is 19.9 Å². The Labute approximate surface area is 181 Å². The number of benzene rings is 2. The molecule has 0 N–H and O–H groups in total. The van der Waals surface area contributed by atoms with Crippen LogP contribution in [0.4, 0.5) is 0 Å². The third kappa shape index (κ3) is 3.41. The Balaban J connectivity index is 1.34. The molecule has 1 aromatic heterocycles. The second kappa shape index (κ2) is 7.88. The van der Waals surface area contributed by atoms with Crippen LogP contribution in [0.25, 0.3) is 11.3 Å². The summed E-state index contributed by atoms with van der Waals surface area (Å²) in [6.07, 6.45) is 6.91. The minimum atomic E-state index is -0.406. The first-order valence-corrected chi connectivity index (χ1v) is 11.1. The summed E-state index contributed by atoms with van der Waals surface area (Å²) in [6.45, 7) is 1.45. The van der Waals surface area contributed by atoms with E-state index in [4.69, 9.17) is 11.6 Å². The molecule has 6 heteroatoms. The highest BCUT2D eigenvalue weighted by atomic mass is 35.5. The number of amides is 1. The van der Waals surface area contributed by atoms with Crippen LogP contribution in [0, 0.1) is 0 Å². The molecule has 1 amide bonds. The van der Waals surface area contributed by atoms with E-state index in [2.05, 4.69) is 10.3 Å². The number of likely N-dealkylation sites (tertiary alicyclic amines) is 1. The van der Waals surface area contributed by atoms with Crippen molar-refractivity contribution in [2.24, 2.45) is 0 Å². The van der Waals surface area contributed by atoms with E-state index in [1.165, 1.54) is 0 Å². The van der Waals surface area contributed by atoms with Gasteiger partial charge in [-0.1, -0.05) is 72.1 Å². The number of carbonyl (C=O) groups excluding carboxylic acids is 1. The molecule has 0 radical (unpaired) electrons. The van der Waals surface area contributed by atoms with E-state index in [0.717, 1.165) is 55.5 Å². The normalized spacial score (nSPS) is 20.6. The topological polar surface area (TPSA) is 51.0 Å². The van der Waals surface area contributed by atoms with Crippen LogP contribution in [0.1, 0.15) is 43.7 Å². The van der Waals surface area contributed by atoms with E-state index < -0.39 is 5.41 Å². The summed E-state index contributed by atoms with van der Waals surface area (Å²) < 4.78 is 1.93. The quantitative estimate of drug-likeness (QED) is 0.604. The summed E-state index contributed by atoms with van der Waals surface area (Å²) in [5.74, 6) is 0.258. The maximum Gasteiger partial charge on any atom is 0.233 e. The number of nitrogens with zero attached hydrogens (tertiary/aromatic N) is 4. The van der Waals surface area contributed by atoms with Crippen molar-refractivity contribution in [2.75, 3.05) is 13.1 Å². The number of hydrogen-bond donors (Lipinski definition) is 0. The molecule has 1 aliphatic carbocycles. The standard InChI is InChI=1S/C24H25ClN4O/c25-20-10-8-19(9-11-20)24(13-4-5-14-24)23(30)28-15-12-21(16-28)29-17-22(26-27-29)18-6-2-1-3-7-18/h1-3,6-11,17,21H,4-5,12-16H2/t21-/m0/s1. The van der Waals surface area contributed by atoms with Gasteiger partial charge in [-0.2, -0.15) is 0 Å². The molecule has 0 unspecified atom stereocenters. The van der Waals surface area contributed by atoms with Crippen molar-refractivity contribution in [3.63, 3.8) is 0 Å². The van der Waals surface area contributed by atoms with Crippen molar-refractivity contribution in [2.45, 2.75) is 43.6 Å². The predicted octanol–water partition coefficient (Wildman–Crippen LogP) is 4.88. The Bertz CT molecular complexity index is 1020. The minimum absolute atomic E-state index is 0.169. The van der Waals surface area contributed by atoms with Gasteiger partial charge in [0.05, 0.1) is 17.7 Å². The largest absolute Gasteiger partial charge is 0.340 e. The zero-order chi connectivity index (χ0) is 20.6. The molecule has 2 aliphatic rings. The third-order valence-electron chi connectivity index (χ3n) is 6.67. The van der Waals surface area contributed by atoms with Crippen LogP contribution in [-0.4, -0.2) is 38.9 Å². The van der Waals surface area contributed by atoms with Gasteiger partial charge < -0.3 is 4.90 Å². The fraction of sp³-hybridized carbons (Fsp3) is 0.375. The minimum Gasteiger partial charge on any atom is -0.340 e. The molecule has 2 aromatic carbocycles. The summed E-state index contributed by atoms with van der Waals surface area (Å²) in [5.41, 5.74) is 2.62. The van der Waals surface area contributed by atoms with Crippen LogP contribution < -0.4 is 0 Å². The molecule has 5 rings (SSSR count). The Morgan fingerprint density at radius 1 is 1.03 bits per heavy atom. The molecule has 1 atom stereocenters. The van der Waals surface area contributed by atoms with Gasteiger partial charge in [0.2, 0.25) is 5.91 Å². The maximum atomic E-state index is 13.7. The van der Waals surface area contributed by atoms with Crippen molar-refractivity contribution in [1.29, 1.82) is 0 Å². The average Bonchev–Trinajstić information content (AvgIpc) is 3.55. The van der Waals surface area contributed by atoms with E-state index in [1.54, 1.807) is 0 Å². The molecule has 0 bridgehead atoms. The molecular formula is C24H25ClN4O. The van der Waals surface area contributed by atoms with Gasteiger partial charge in [-0.05, 0) is 37.0 Å². The molecule has 1 saturated heterocycles. The van der Waals surface area contributed by atoms with E-state index in [0.29, 0.717) is 11.6 Å². The molecule has 1 saturated carbocycles. The Kier molecular flexibility index (Phi) is 5.07. The number of halogens is 1. The van der Waals surface area contributed by atoms with Crippen LogP contribution in [0.2, 0.25) is 5.02 Å². The smallest absolute Gasteiger partial charge is 0.233 e. The SMILES string of the molecule is O=C(N1CC[C@H](n2cc(-c3ccccc3)nn2)C1)C1(c2ccc(Cl)cc2)CCCC1. The van der Waals surface area contributed by atoms with Crippen molar-refractivity contribution < 1.29 is 4.79 Å². The lowest BCUT2D eigenvalue weighted by Crippen LogP contribution is -2.44. The van der Waals surface area contributed by atoms with Crippen LogP contribution in [-0.2, 0) is 10.2 Å². The maximum absolute atomic E-state index is 13.7. The molecular weight excluding hydrogens is 396 g/mol. The summed E-state index contributed by atoms with van der Waals surface area (Å²) in [4.78, 5) is 15.7. The lowest BCUT2D eigenvalue weighted by atomic mass is 9.77. The zero-order valence-electron chi connectivity index (χ0n) is 16.9. The van der Waals surface area contributed by atoms with Gasteiger partial charge >= 0.3 is 0 Å². The van der Waals surface area contributed by atoms with Crippen molar-refractivity contribution >= 4 is 17.5 Å². The Morgan fingerprint density at radius 2 is 1.77 bits per heavy atom. The molecule has 30 heavy (non-hydrogen) atoms. The first-order chi connectivity index (χ1) is 14.7. The van der Waals surface area contributed by atoms with E-state index in [9.17, 15) is 4.79 Å². The molecule has 2 fully saturated rings. The highest BCUT2D eigenvalue weighted by molar-refractivity contribution is 6.30. The zero-order valence-corrected chi connectivity index (χ0v) is 17.6. The Morgan fingerprint density at radius 3 is 2.50 bits per heavy atom. The molecule has 5 nitrogen and oxygen atoms in total. The van der Waals surface area contributed by atoms with Gasteiger partial charge in [0.1, 0.15) is 5.69 Å². The predicted molar refractivity (Wildman–Crippen MR) is 117 cm³/mol. The van der Waals surface area contributed by atoms with Crippen LogP contribution in [0.3, 0.4) is 0 Å². The average molecular weight is 421 g/mol. The van der Waals surface area contributed by atoms with E-state index in [1.807, 2.05) is 70.4 Å². The van der Waals surface area contributed by atoms with Crippen molar-refractivity contribution in [3.8, 4) is 11.3 Å². The monoisotopic (exact) mass is 420 g/mol. The molecule has 2 heterocycles. The molecule has 0 spiro atoms. The molecule has 1 aliphatic heterocycles. The third-order valence-corrected chi connectivity index (χ3v) is 6.92. The highest BCUT2D eigenvalue weighted by Gasteiger charge is 2.46. The van der Waals surface area contributed by atoms with Gasteiger partial charge in [-0.25, -0.2) is 4.68 Å². The van der Waals surface area contributed by atoms with Gasteiger partial charge in [-0.3, -0.25) is 4.79 Å². The molecule has 154 valence electrons. The van der Waals surface area contributed by atoms with Crippen LogP contribution in [0.15, 0.2) is 60.8 Å². The highest BCUT2D eigenvalue weighted by Crippen LogP contribution is 2.44. The fourth-order valence-corrected chi connectivity index (χ4v) is 5.14. The van der Waals surface area contributed by atoms with Crippen LogP contribution in [0.5, 0.6) is 0 Å². The number of rotatable bonds is 4. The lowest BCUT2D eigenvalue weighted by Gasteiger charge is -2.33. The number of carbonyl (C=O) groups is 1. The van der Waals surface area contributed by atoms with Crippen molar-refractivity contribution in [3.05, 3.63) is 71.4 Å². The van der Waals surface area contributed by atoms with Gasteiger partial charge in [-0.15, -0.1) is 5.10 Å². The number of hydrogen-bond acceptors (Lipinski definition) is 3. The summed E-state index contributed by atoms with van der Waals surface area (Å²) >= 11 is 6.09. The first kappa shape index (κ1) is 19.3. The lowest BCUT2D eigenvalue weighted by molar-refractivity contribution is -0.136. The summed E-state index contributed by atoms with van der Waals surface area (Å²) in [7, 11) is 0. The van der Waals surface area contributed by atoms with E-state index in [-0.39, 0.29) is 11.9 Å². The summed E-state index contributed by atoms with van der Waals surface area (Å²) in [6, 6.07) is 18.1. The number of aromatic nitrogens is 3. The molecule has 3 aromatic rings. The Hall–Kier alpha value is -2.66. The second-order valence-corrected chi connectivity index (χ2v) is 8.88. The van der Waals surface area contributed by atoms with E-state index >= 15 is 0 Å². The summed E-state index contributed by atoms with van der Waals surface area (Å²) in [5, 5.41) is 9.42. The van der Waals surface area contributed by atoms with Gasteiger partial charge in [0, 0.05) is 23.7 Å². The first-order valence-electron chi connectivity index (χ1n) is 10.7. The van der Waals surface area contributed by atoms with Crippen LogP contribution >= 0.6 is 11.6 Å². The second-order valence-electron chi connectivity index (χ2n) is 8.44. The van der Waals surface area contributed by atoms with Gasteiger partial charge in [0.25, 0.3) is 0 Å². The van der Waals surface area contributed by atoms with Gasteiger partial charge in [0.15, 0.2) is 0 Å². The fourth-order valence-electron chi connectivity index (χ4n) is 5.01.